The van der Waals surface area contributed by atoms with Crippen molar-refractivity contribution in [3.63, 3.8) is 0 Å². The molecule has 0 amide bonds. The number of rotatable bonds is 7. The number of hydrogen-bond donors (Lipinski definition) is 0. The lowest BCUT2D eigenvalue weighted by atomic mass is 10.1. The first-order chi connectivity index (χ1) is 16.2. The van der Waals surface area contributed by atoms with Crippen molar-refractivity contribution in [1.82, 2.24) is 14.5 Å². The van der Waals surface area contributed by atoms with Gasteiger partial charge in [0.2, 0.25) is 0 Å². The minimum atomic E-state index is -0.229. The lowest BCUT2D eigenvalue weighted by Gasteiger charge is -2.08. The van der Waals surface area contributed by atoms with Crippen molar-refractivity contribution >= 4 is 22.8 Å². The van der Waals surface area contributed by atoms with E-state index in [9.17, 15) is 4.39 Å². The second kappa shape index (κ2) is 9.46. The Balaban J connectivity index is 1.61. The molecule has 0 spiro atoms. The predicted molar refractivity (Wildman–Crippen MR) is 131 cm³/mol. The third-order valence-corrected chi connectivity index (χ3v) is 6.38. The predicted octanol–water partition coefficient (Wildman–Crippen LogP) is 6.92. The van der Waals surface area contributed by atoms with Gasteiger partial charge in [0.25, 0.3) is 0 Å². The molecule has 3 aromatic carbocycles. The topological polar surface area (TPSA) is 39.9 Å². The van der Waals surface area contributed by atoms with Crippen LogP contribution in [0.5, 0.6) is 5.75 Å². The van der Waals surface area contributed by atoms with Gasteiger partial charge in [0, 0.05) is 23.2 Å². The van der Waals surface area contributed by atoms with Crippen LogP contribution in [0.15, 0.2) is 96.4 Å². The van der Waals surface area contributed by atoms with Crippen LogP contribution in [0.4, 0.5) is 4.39 Å². The zero-order valence-electron chi connectivity index (χ0n) is 18.1. The Morgan fingerprint density at radius 1 is 0.939 bits per heavy atom. The first kappa shape index (κ1) is 21.2. The molecular weight excluding hydrogens is 433 g/mol. The van der Waals surface area contributed by atoms with E-state index < -0.39 is 0 Å². The van der Waals surface area contributed by atoms with Gasteiger partial charge in [-0.25, -0.2) is 14.4 Å². The Hall–Kier alpha value is -3.64. The van der Waals surface area contributed by atoms with Crippen molar-refractivity contribution in [2.24, 2.45) is 0 Å². The maximum atomic E-state index is 13.7. The molecule has 164 valence electrons. The fourth-order valence-corrected chi connectivity index (χ4v) is 4.77. The number of aromatic nitrogens is 3. The molecule has 0 bridgehead atoms. The number of fused-ring (bicyclic) bond motifs is 1. The highest BCUT2D eigenvalue weighted by atomic mass is 32.2. The van der Waals surface area contributed by atoms with Gasteiger partial charge in [0.1, 0.15) is 28.6 Å². The summed E-state index contributed by atoms with van der Waals surface area (Å²) < 4.78 is 21.3. The number of benzene rings is 3. The minimum absolute atomic E-state index is 0.229. The van der Waals surface area contributed by atoms with E-state index in [1.165, 1.54) is 6.07 Å². The van der Waals surface area contributed by atoms with Crippen LogP contribution in [0.1, 0.15) is 12.5 Å². The molecule has 33 heavy (non-hydrogen) atoms. The number of halogens is 1. The van der Waals surface area contributed by atoms with Gasteiger partial charge in [-0.15, -0.1) is 11.8 Å². The monoisotopic (exact) mass is 455 g/mol. The second-order valence-electron chi connectivity index (χ2n) is 7.50. The van der Waals surface area contributed by atoms with Gasteiger partial charge in [0.05, 0.1) is 12.0 Å². The summed E-state index contributed by atoms with van der Waals surface area (Å²) in [5.74, 6) is 1.22. The molecule has 0 N–H and O–H groups in total. The van der Waals surface area contributed by atoms with E-state index in [0.717, 1.165) is 44.2 Å². The Labute approximate surface area is 196 Å². The summed E-state index contributed by atoms with van der Waals surface area (Å²) in [6, 6.07) is 24.9. The number of thioether (sulfide) groups is 1. The Morgan fingerprint density at radius 2 is 1.76 bits per heavy atom. The van der Waals surface area contributed by atoms with Crippen LogP contribution in [-0.2, 0) is 5.75 Å². The molecule has 2 heterocycles. The highest BCUT2D eigenvalue weighted by molar-refractivity contribution is 7.98. The van der Waals surface area contributed by atoms with Gasteiger partial charge in [-0.1, -0.05) is 42.5 Å². The summed E-state index contributed by atoms with van der Waals surface area (Å²) >= 11 is 1.59. The third kappa shape index (κ3) is 4.47. The highest BCUT2D eigenvalue weighted by Crippen LogP contribution is 2.37. The molecule has 0 aliphatic carbocycles. The summed E-state index contributed by atoms with van der Waals surface area (Å²) in [4.78, 5) is 9.24. The second-order valence-corrected chi connectivity index (χ2v) is 8.47. The minimum Gasteiger partial charge on any atom is -0.494 e. The average molecular weight is 456 g/mol. The fraction of sp³-hybridized carbons (Fsp3) is 0.111. The molecule has 0 unspecified atom stereocenters. The summed E-state index contributed by atoms with van der Waals surface area (Å²) in [7, 11) is 0. The van der Waals surface area contributed by atoms with Gasteiger partial charge < -0.3 is 9.30 Å². The van der Waals surface area contributed by atoms with Crippen LogP contribution in [-0.4, -0.2) is 21.1 Å². The van der Waals surface area contributed by atoms with Crippen LogP contribution in [0.25, 0.3) is 27.8 Å². The first-order valence-electron chi connectivity index (χ1n) is 10.7. The van der Waals surface area contributed by atoms with E-state index in [-0.39, 0.29) is 5.82 Å². The standard InChI is InChI=1S/C27H22FN3OS/c1-2-32-23-13-11-22(12-14-23)31-16-24(20-8-4-3-5-9-20)25-26(31)29-18-30-27(25)33-17-19-7-6-10-21(28)15-19/h3-16,18H,2,17H2,1H3. The Bertz CT molecular complexity index is 1380. The van der Waals surface area contributed by atoms with Gasteiger partial charge in [-0.2, -0.15) is 0 Å². The van der Waals surface area contributed by atoms with E-state index >= 15 is 0 Å². The molecule has 6 heteroatoms. The largest absolute Gasteiger partial charge is 0.494 e. The van der Waals surface area contributed by atoms with Crippen LogP contribution < -0.4 is 4.74 Å². The van der Waals surface area contributed by atoms with Crippen molar-refractivity contribution in [2.75, 3.05) is 6.61 Å². The molecule has 0 radical (unpaired) electrons. The highest BCUT2D eigenvalue weighted by Gasteiger charge is 2.18. The molecule has 0 aliphatic rings. The number of nitrogens with zero attached hydrogens (tertiary/aromatic N) is 3. The molecule has 5 rings (SSSR count). The third-order valence-electron chi connectivity index (χ3n) is 5.32. The summed E-state index contributed by atoms with van der Waals surface area (Å²) in [6.45, 7) is 2.60. The lowest BCUT2D eigenvalue weighted by molar-refractivity contribution is 0.340. The SMILES string of the molecule is CCOc1ccc(-n2cc(-c3ccccc3)c3c(SCc4cccc(F)c4)ncnc32)cc1. The summed E-state index contributed by atoms with van der Waals surface area (Å²) in [5.41, 5.74) is 4.88. The first-order valence-corrected chi connectivity index (χ1v) is 11.7. The maximum absolute atomic E-state index is 13.7. The number of ether oxygens (including phenoxy) is 1. The van der Waals surface area contributed by atoms with E-state index in [1.54, 1.807) is 30.2 Å². The normalized spacial score (nSPS) is 11.1. The number of hydrogen-bond acceptors (Lipinski definition) is 4. The molecule has 4 nitrogen and oxygen atoms in total. The average Bonchev–Trinajstić information content (AvgIpc) is 3.24. The van der Waals surface area contributed by atoms with Crippen LogP contribution in [0.3, 0.4) is 0 Å². The molecular formula is C27H22FN3OS. The van der Waals surface area contributed by atoms with Crippen molar-refractivity contribution < 1.29 is 9.13 Å². The zero-order chi connectivity index (χ0) is 22.6. The molecule has 5 aromatic rings. The van der Waals surface area contributed by atoms with E-state index in [0.29, 0.717) is 12.4 Å². The zero-order valence-corrected chi connectivity index (χ0v) is 18.9. The molecule has 0 atom stereocenters. The smallest absolute Gasteiger partial charge is 0.149 e. The lowest BCUT2D eigenvalue weighted by Crippen LogP contribution is -1.96. The van der Waals surface area contributed by atoms with Gasteiger partial charge >= 0.3 is 0 Å². The quantitative estimate of drug-likeness (QED) is 0.197. The van der Waals surface area contributed by atoms with Crippen LogP contribution in [0, 0.1) is 5.82 Å². The van der Waals surface area contributed by atoms with Gasteiger partial charge in [0.15, 0.2) is 0 Å². The maximum Gasteiger partial charge on any atom is 0.149 e. The van der Waals surface area contributed by atoms with Crippen LogP contribution in [0.2, 0.25) is 0 Å². The van der Waals surface area contributed by atoms with E-state index in [4.69, 9.17) is 4.74 Å². The molecule has 0 saturated heterocycles. The molecule has 2 aromatic heterocycles. The summed E-state index contributed by atoms with van der Waals surface area (Å²) in [6.07, 6.45) is 3.70. The van der Waals surface area contributed by atoms with Gasteiger partial charge in [-0.05, 0) is 54.4 Å². The van der Waals surface area contributed by atoms with Crippen LogP contribution >= 0.6 is 11.8 Å². The van der Waals surface area contributed by atoms with Crippen molar-refractivity contribution in [3.8, 4) is 22.6 Å². The van der Waals surface area contributed by atoms with Gasteiger partial charge in [-0.3, -0.25) is 0 Å². The Morgan fingerprint density at radius 3 is 2.52 bits per heavy atom. The van der Waals surface area contributed by atoms with Crippen molar-refractivity contribution in [3.05, 3.63) is 103 Å². The van der Waals surface area contributed by atoms with Crippen molar-refractivity contribution in [1.29, 1.82) is 0 Å². The fourth-order valence-electron chi connectivity index (χ4n) is 3.82. The molecule has 0 fully saturated rings. The molecule has 0 aliphatic heterocycles. The van der Waals surface area contributed by atoms with E-state index in [2.05, 4.69) is 32.9 Å². The Kier molecular flexibility index (Phi) is 6.09. The van der Waals surface area contributed by atoms with E-state index in [1.807, 2.05) is 55.5 Å². The van der Waals surface area contributed by atoms with Crippen molar-refractivity contribution in [2.45, 2.75) is 17.7 Å². The molecule has 0 saturated carbocycles. The summed E-state index contributed by atoms with van der Waals surface area (Å²) in [5, 5.41) is 1.85.